The maximum Gasteiger partial charge on any atom is 0.133 e. The zero-order valence-corrected chi connectivity index (χ0v) is 19.0. The van der Waals surface area contributed by atoms with Gasteiger partial charge in [-0.05, 0) is 16.5 Å². The number of halogens is 1. The van der Waals surface area contributed by atoms with Gasteiger partial charge >= 0.3 is 0 Å². The summed E-state index contributed by atoms with van der Waals surface area (Å²) in [7, 11) is 1.73. The Balaban J connectivity index is 0.00000245. The van der Waals surface area contributed by atoms with Crippen molar-refractivity contribution in [3.8, 4) is 5.75 Å². The van der Waals surface area contributed by atoms with Crippen LogP contribution in [0.2, 0.25) is 0 Å². The van der Waals surface area contributed by atoms with Crippen LogP contribution in [0.1, 0.15) is 22.7 Å². The number of rotatable bonds is 7. The molecule has 0 aromatic heterocycles. The summed E-state index contributed by atoms with van der Waals surface area (Å²) in [5, 5.41) is 2.35. The number of methoxy groups -OCH3 is 1. The number of nitrogens with zero attached hydrogens (tertiary/aromatic N) is 1. The lowest BCUT2D eigenvalue weighted by atomic mass is 9.93. The molecule has 0 bridgehead atoms. The predicted octanol–water partition coefficient (Wildman–Crippen LogP) is 6.26. The van der Waals surface area contributed by atoms with E-state index in [1.807, 2.05) is 0 Å². The first kappa shape index (κ1) is 22.3. The monoisotopic (exact) mass is 445 g/mol. The number of hydrogen-bond acceptors (Lipinski definition) is 3. The van der Waals surface area contributed by atoms with E-state index in [1.165, 1.54) is 16.5 Å². The van der Waals surface area contributed by atoms with Crippen LogP contribution in [0.4, 0.5) is 0 Å². The Morgan fingerprint density at radius 1 is 0.781 bits per heavy atom. The van der Waals surface area contributed by atoms with Crippen molar-refractivity contribution in [2.24, 2.45) is 0 Å². The molecule has 32 heavy (non-hydrogen) atoms. The molecule has 1 aliphatic heterocycles. The molecule has 0 aliphatic carbocycles. The first-order valence-electron chi connectivity index (χ1n) is 10.8. The van der Waals surface area contributed by atoms with Crippen molar-refractivity contribution in [3.05, 3.63) is 114 Å². The highest BCUT2D eigenvalue weighted by Crippen LogP contribution is 2.36. The molecule has 1 saturated heterocycles. The molecule has 1 fully saturated rings. The summed E-state index contributed by atoms with van der Waals surface area (Å²) in [4.78, 5) is 2.50. The molecule has 5 rings (SSSR count). The number of likely N-dealkylation sites (tertiary alicyclic amines) is 1. The molecule has 0 saturated carbocycles. The minimum Gasteiger partial charge on any atom is -0.487 e. The van der Waals surface area contributed by atoms with Crippen LogP contribution in [0.3, 0.4) is 0 Å². The van der Waals surface area contributed by atoms with Crippen molar-refractivity contribution in [1.29, 1.82) is 0 Å². The van der Waals surface area contributed by atoms with Gasteiger partial charge in [-0.15, -0.1) is 12.4 Å². The molecule has 4 aromatic carbocycles. The van der Waals surface area contributed by atoms with Crippen molar-refractivity contribution < 1.29 is 9.47 Å². The van der Waals surface area contributed by atoms with Crippen LogP contribution < -0.4 is 4.74 Å². The molecule has 0 unspecified atom stereocenters. The van der Waals surface area contributed by atoms with Gasteiger partial charge in [-0.1, -0.05) is 97.1 Å². The van der Waals surface area contributed by atoms with Crippen molar-refractivity contribution in [1.82, 2.24) is 4.90 Å². The molecule has 164 valence electrons. The van der Waals surface area contributed by atoms with E-state index < -0.39 is 0 Å². The maximum absolute atomic E-state index is 6.58. The van der Waals surface area contributed by atoms with Crippen molar-refractivity contribution in [2.45, 2.75) is 18.8 Å². The van der Waals surface area contributed by atoms with Crippen molar-refractivity contribution in [2.75, 3.05) is 20.2 Å². The van der Waals surface area contributed by atoms with Crippen LogP contribution in [0, 0.1) is 0 Å². The summed E-state index contributed by atoms with van der Waals surface area (Å²) in [5.41, 5.74) is 3.73. The number of hydrogen-bond donors (Lipinski definition) is 0. The van der Waals surface area contributed by atoms with Gasteiger partial charge in [-0.2, -0.15) is 0 Å². The Kier molecular flexibility index (Phi) is 7.11. The lowest BCUT2D eigenvalue weighted by molar-refractivity contribution is -0.000124. The van der Waals surface area contributed by atoms with Crippen LogP contribution >= 0.6 is 12.4 Å². The highest BCUT2D eigenvalue weighted by Gasteiger charge is 2.35. The number of benzene rings is 4. The van der Waals surface area contributed by atoms with Gasteiger partial charge in [0.15, 0.2) is 0 Å². The van der Waals surface area contributed by atoms with Gasteiger partial charge in [0.05, 0.1) is 12.6 Å². The minimum absolute atomic E-state index is 0. The van der Waals surface area contributed by atoms with Crippen LogP contribution in [0.25, 0.3) is 10.8 Å². The normalized spacial score (nSPS) is 14.2. The highest BCUT2D eigenvalue weighted by atomic mass is 35.5. The van der Waals surface area contributed by atoms with Gasteiger partial charge in [0.2, 0.25) is 0 Å². The summed E-state index contributed by atoms with van der Waals surface area (Å²) in [5.74, 6) is 0.959. The van der Waals surface area contributed by atoms with Crippen molar-refractivity contribution >= 4 is 23.2 Å². The Morgan fingerprint density at radius 3 is 2.00 bits per heavy atom. The Morgan fingerprint density at radius 2 is 1.38 bits per heavy atom. The van der Waals surface area contributed by atoms with Crippen LogP contribution in [0.5, 0.6) is 5.75 Å². The lowest BCUT2D eigenvalue weighted by Gasteiger charge is -2.44. The summed E-state index contributed by atoms with van der Waals surface area (Å²) in [6.45, 7) is 2.33. The number of fused-ring (bicyclic) bond motifs is 1. The molecular formula is C28H28ClNO2. The second-order valence-electron chi connectivity index (χ2n) is 8.13. The second-order valence-corrected chi connectivity index (χ2v) is 8.13. The van der Waals surface area contributed by atoms with Gasteiger partial charge in [0, 0.05) is 31.1 Å². The third-order valence-electron chi connectivity index (χ3n) is 6.02. The zero-order chi connectivity index (χ0) is 21.0. The van der Waals surface area contributed by atoms with Gasteiger partial charge in [0.25, 0.3) is 0 Å². The zero-order valence-electron chi connectivity index (χ0n) is 18.2. The summed E-state index contributed by atoms with van der Waals surface area (Å²) >= 11 is 0. The van der Waals surface area contributed by atoms with E-state index in [1.54, 1.807) is 7.11 Å². The molecule has 4 heteroatoms. The molecule has 0 radical (unpaired) electrons. The quantitative estimate of drug-likeness (QED) is 0.335. The topological polar surface area (TPSA) is 21.7 Å². The largest absolute Gasteiger partial charge is 0.487 e. The van der Waals surface area contributed by atoms with E-state index >= 15 is 0 Å². The molecule has 0 N–H and O–H groups in total. The van der Waals surface area contributed by atoms with E-state index in [-0.39, 0.29) is 24.6 Å². The molecule has 0 spiro atoms. The Hall–Kier alpha value is -2.85. The molecule has 3 nitrogen and oxygen atoms in total. The van der Waals surface area contributed by atoms with Crippen LogP contribution in [-0.4, -0.2) is 31.2 Å². The van der Waals surface area contributed by atoms with Gasteiger partial charge < -0.3 is 9.47 Å². The highest BCUT2D eigenvalue weighted by molar-refractivity contribution is 5.89. The predicted molar refractivity (Wildman–Crippen MR) is 133 cm³/mol. The number of ether oxygens (including phenoxy) is 2. The SMILES string of the molecule is COCc1ccc2ccccc2c1OC1CN(C(c2ccccc2)c2ccccc2)C1.Cl. The molecule has 4 aromatic rings. The molecule has 0 atom stereocenters. The van der Waals surface area contributed by atoms with E-state index in [4.69, 9.17) is 9.47 Å². The Bertz CT molecular complexity index is 1100. The van der Waals surface area contributed by atoms with E-state index in [9.17, 15) is 0 Å². The third kappa shape index (κ3) is 4.51. The molecule has 1 heterocycles. The van der Waals surface area contributed by atoms with Gasteiger partial charge in [-0.3, -0.25) is 4.90 Å². The van der Waals surface area contributed by atoms with Gasteiger partial charge in [0.1, 0.15) is 11.9 Å². The first-order valence-corrected chi connectivity index (χ1v) is 10.8. The third-order valence-corrected chi connectivity index (χ3v) is 6.02. The van der Waals surface area contributed by atoms with E-state index in [2.05, 4.69) is 102 Å². The average molecular weight is 446 g/mol. The van der Waals surface area contributed by atoms with Crippen LogP contribution in [-0.2, 0) is 11.3 Å². The summed E-state index contributed by atoms with van der Waals surface area (Å²) in [6.07, 6.45) is 0.163. The fourth-order valence-electron chi connectivity index (χ4n) is 4.50. The van der Waals surface area contributed by atoms with E-state index in [0.29, 0.717) is 6.61 Å². The summed E-state index contributed by atoms with van der Waals surface area (Å²) < 4.78 is 12.0. The molecule has 0 amide bonds. The van der Waals surface area contributed by atoms with Crippen LogP contribution in [0.15, 0.2) is 97.1 Å². The smallest absolute Gasteiger partial charge is 0.133 e. The summed E-state index contributed by atoms with van der Waals surface area (Å²) in [6, 6.07) is 34.4. The van der Waals surface area contributed by atoms with Gasteiger partial charge in [-0.25, -0.2) is 0 Å². The fourth-order valence-corrected chi connectivity index (χ4v) is 4.50. The average Bonchev–Trinajstić information content (AvgIpc) is 2.80. The fraction of sp³-hybridized carbons (Fsp3) is 0.214. The second kappa shape index (κ2) is 10.2. The Labute approximate surface area is 196 Å². The first-order chi connectivity index (χ1) is 15.3. The minimum atomic E-state index is 0. The lowest BCUT2D eigenvalue weighted by Crippen LogP contribution is -2.55. The molecule has 1 aliphatic rings. The van der Waals surface area contributed by atoms with E-state index in [0.717, 1.165) is 29.8 Å². The molecular weight excluding hydrogens is 418 g/mol. The van der Waals surface area contributed by atoms with Crippen molar-refractivity contribution in [3.63, 3.8) is 0 Å². The standard InChI is InChI=1S/C28H27NO2.ClH/c1-30-20-24-17-16-21-10-8-9-15-26(21)28(24)31-25-18-29(19-25)27(22-11-4-2-5-12-22)23-13-6-3-7-14-23;/h2-17,25,27H,18-20H2,1H3;1H. The maximum atomic E-state index is 6.58.